The van der Waals surface area contributed by atoms with Gasteiger partial charge in [-0.05, 0) is 35.7 Å². The van der Waals surface area contributed by atoms with Crippen molar-refractivity contribution in [2.75, 3.05) is 13.1 Å². The number of aromatic nitrogens is 1. The number of carbonyl (C=O) groups is 2. The van der Waals surface area contributed by atoms with Crippen molar-refractivity contribution in [3.63, 3.8) is 0 Å². The smallest absolute Gasteiger partial charge is 0.246 e. The van der Waals surface area contributed by atoms with Crippen molar-refractivity contribution in [2.45, 2.75) is 31.8 Å². The van der Waals surface area contributed by atoms with Gasteiger partial charge in [-0.25, -0.2) is 0 Å². The van der Waals surface area contributed by atoms with Crippen LogP contribution in [0.4, 0.5) is 0 Å². The second kappa shape index (κ2) is 6.92. The number of aromatic amines is 1. The van der Waals surface area contributed by atoms with Crippen molar-refractivity contribution in [3.05, 3.63) is 70.4 Å². The predicted octanol–water partition coefficient (Wildman–Crippen LogP) is 3.92. The fourth-order valence-corrected chi connectivity index (χ4v) is 4.90. The van der Waals surface area contributed by atoms with E-state index < -0.39 is 6.04 Å². The molecule has 2 aliphatic rings. The highest BCUT2D eigenvalue weighted by Crippen LogP contribution is 2.42. The first-order chi connectivity index (χ1) is 14.1. The molecule has 0 radical (unpaired) electrons. The number of para-hydroxylation sites is 1. The number of hydrogen-bond donors (Lipinski definition) is 1. The maximum atomic E-state index is 13.3. The average Bonchev–Trinajstić information content (AvgIpc) is 3.10. The van der Waals surface area contributed by atoms with Gasteiger partial charge in [-0.3, -0.25) is 9.59 Å². The summed E-state index contributed by atoms with van der Waals surface area (Å²) in [6, 6.07) is 14.9. The molecule has 2 aromatic carbocycles. The molecule has 0 spiro atoms. The van der Waals surface area contributed by atoms with E-state index in [-0.39, 0.29) is 24.4 Å². The summed E-state index contributed by atoms with van der Waals surface area (Å²) in [5, 5.41) is 1.77. The van der Waals surface area contributed by atoms with Crippen molar-refractivity contribution in [3.8, 4) is 0 Å². The normalized spacial score (nSPS) is 21.4. The van der Waals surface area contributed by atoms with E-state index in [4.69, 9.17) is 11.6 Å². The summed E-state index contributed by atoms with van der Waals surface area (Å²) in [5.41, 5.74) is 4.11. The van der Waals surface area contributed by atoms with Gasteiger partial charge in [0, 0.05) is 34.6 Å². The summed E-state index contributed by atoms with van der Waals surface area (Å²) < 4.78 is 0. The van der Waals surface area contributed by atoms with Gasteiger partial charge in [0.15, 0.2) is 0 Å². The summed E-state index contributed by atoms with van der Waals surface area (Å²) in [4.78, 5) is 33.6. The number of halogens is 1. The van der Waals surface area contributed by atoms with Gasteiger partial charge < -0.3 is 14.8 Å². The Morgan fingerprint density at radius 3 is 2.62 bits per heavy atom. The van der Waals surface area contributed by atoms with Crippen molar-refractivity contribution < 1.29 is 9.59 Å². The molecule has 1 fully saturated rings. The highest BCUT2D eigenvalue weighted by molar-refractivity contribution is 6.30. The zero-order chi connectivity index (χ0) is 20.1. The van der Waals surface area contributed by atoms with E-state index in [1.807, 2.05) is 49.4 Å². The molecule has 1 saturated heterocycles. The lowest BCUT2D eigenvalue weighted by atomic mass is 9.86. The van der Waals surface area contributed by atoms with Crippen LogP contribution in [0.2, 0.25) is 5.02 Å². The SMILES string of the molecule is CCCN1CC(=O)N2[C@@H](c3ccc(Cl)cc3)c3[nH]c4ccccc4c3C[C@H]2C1=O. The molecule has 5 rings (SSSR count). The number of carbonyl (C=O) groups excluding carboxylic acids is 2. The number of nitrogens with one attached hydrogen (secondary N) is 1. The number of H-pyrrole nitrogens is 1. The minimum absolute atomic E-state index is 0.00712. The molecule has 2 amide bonds. The van der Waals surface area contributed by atoms with Crippen LogP contribution in [0.25, 0.3) is 10.9 Å². The molecule has 1 N–H and O–H groups in total. The fourth-order valence-electron chi connectivity index (χ4n) is 4.77. The maximum Gasteiger partial charge on any atom is 0.246 e. The summed E-state index contributed by atoms with van der Waals surface area (Å²) >= 11 is 6.11. The molecular formula is C23H22ClN3O2. The average molecular weight is 408 g/mol. The minimum atomic E-state index is -0.477. The van der Waals surface area contributed by atoms with Crippen LogP contribution in [0.15, 0.2) is 48.5 Å². The van der Waals surface area contributed by atoms with Crippen LogP contribution in [0, 0.1) is 0 Å². The van der Waals surface area contributed by atoms with E-state index >= 15 is 0 Å². The van der Waals surface area contributed by atoms with Gasteiger partial charge in [0.2, 0.25) is 11.8 Å². The number of fused-ring (bicyclic) bond motifs is 4. The highest BCUT2D eigenvalue weighted by Gasteiger charge is 2.47. The molecule has 148 valence electrons. The van der Waals surface area contributed by atoms with Crippen LogP contribution in [0.1, 0.15) is 36.2 Å². The standard InChI is InChI=1S/C23H22ClN3O2/c1-2-11-26-13-20(28)27-19(23(26)29)12-17-16-5-3-4-6-18(16)25-21(17)22(27)14-7-9-15(24)10-8-14/h3-10,19,22,25H,2,11-13H2,1H3/t19-,22-/m0/s1. The van der Waals surface area contributed by atoms with Crippen molar-refractivity contribution in [2.24, 2.45) is 0 Å². The molecule has 2 aliphatic heterocycles. The van der Waals surface area contributed by atoms with Gasteiger partial charge in [-0.2, -0.15) is 0 Å². The van der Waals surface area contributed by atoms with Gasteiger partial charge >= 0.3 is 0 Å². The molecule has 3 aromatic rings. The largest absolute Gasteiger partial charge is 0.356 e. The molecular weight excluding hydrogens is 386 g/mol. The second-order valence-electron chi connectivity index (χ2n) is 7.80. The molecule has 29 heavy (non-hydrogen) atoms. The molecule has 5 nitrogen and oxygen atoms in total. The Labute approximate surface area is 174 Å². The molecule has 3 heterocycles. The van der Waals surface area contributed by atoms with Crippen LogP contribution in [0.5, 0.6) is 0 Å². The lowest BCUT2D eigenvalue weighted by Crippen LogP contribution is -2.63. The van der Waals surface area contributed by atoms with E-state index in [1.165, 1.54) is 0 Å². The highest BCUT2D eigenvalue weighted by atomic mass is 35.5. The quantitative estimate of drug-likeness (QED) is 0.715. The lowest BCUT2D eigenvalue weighted by molar-refractivity contribution is -0.158. The van der Waals surface area contributed by atoms with Gasteiger partial charge in [0.05, 0.1) is 12.6 Å². The van der Waals surface area contributed by atoms with Crippen molar-refractivity contribution in [1.29, 1.82) is 0 Å². The molecule has 0 aliphatic carbocycles. The minimum Gasteiger partial charge on any atom is -0.356 e. The summed E-state index contributed by atoms with van der Waals surface area (Å²) in [6.45, 7) is 2.78. The lowest BCUT2D eigenvalue weighted by Gasteiger charge is -2.47. The Kier molecular flexibility index (Phi) is 4.36. The van der Waals surface area contributed by atoms with Gasteiger partial charge in [-0.1, -0.05) is 48.9 Å². The zero-order valence-corrected chi connectivity index (χ0v) is 16.9. The Morgan fingerprint density at radius 1 is 1.10 bits per heavy atom. The molecule has 1 aromatic heterocycles. The van der Waals surface area contributed by atoms with E-state index in [0.717, 1.165) is 34.1 Å². The first kappa shape index (κ1) is 18.3. The van der Waals surface area contributed by atoms with Crippen LogP contribution >= 0.6 is 11.6 Å². The number of benzene rings is 2. The maximum absolute atomic E-state index is 13.3. The first-order valence-corrected chi connectivity index (χ1v) is 10.4. The predicted molar refractivity (Wildman–Crippen MR) is 113 cm³/mol. The number of nitrogens with zero attached hydrogens (tertiary/aromatic N) is 2. The Hall–Kier alpha value is -2.79. The van der Waals surface area contributed by atoms with Crippen LogP contribution < -0.4 is 0 Å². The zero-order valence-electron chi connectivity index (χ0n) is 16.2. The first-order valence-electron chi connectivity index (χ1n) is 10.0. The topological polar surface area (TPSA) is 56.4 Å². The summed E-state index contributed by atoms with van der Waals surface area (Å²) in [5.74, 6) is 0.0358. The number of amides is 2. The van der Waals surface area contributed by atoms with Crippen molar-refractivity contribution in [1.82, 2.24) is 14.8 Å². The van der Waals surface area contributed by atoms with E-state index in [2.05, 4.69) is 11.1 Å². The fraction of sp³-hybridized carbons (Fsp3) is 0.304. The summed E-state index contributed by atoms with van der Waals surface area (Å²) in [6.07, 6.45) is 1.37. The van der Waals surface area contributed by atoms with Crippen LogP contribution in [0.3, 0.4) is 0 Å². The van der Waals surface area contributed by atoms with Crippen LogP contribution in [-0.4, -0.2) is 45.7 Å². The Morgan fingerprint density at radius 2 is 1.86 bits per heavy atom. The molecule has 2 atom stereocenters. The molecule has 0 unspecified atom stereocenters. The van der Waals surface area contributed by atoms with E-state index in [1.54, 1.807) is 9.80 Å². The Bertz CT molecular complexity index is 1110. The second-order valence-corrected chi connectivity index (χ2v) is 8.23. The number of hydrogen-bond acceptors (Lipinski definition) is 2. The third-order valence-corrected chi connectivity index (χ3v) is 6.27. The molecule has 0 bridgehead atoms. The third kappa shape index (κ3) is 2.84. The molecule has 0 saturated carbocycles. The van der Waals surface area contributed by atoms with Gasteiger partial charge in [0.25, 0.3) is 0 Å². The van der Waals surface area contributed by atoms with E-state index in [9.17, 15) is 9.59 Å². The monoisotopic (exact) mass is 407 g/mol. The number of rotatable bonds is 3. The van der Waals surface area contributed by atoms with Crippen molar-refractivity contribution >= 4 is 34.3 Å². The third-order valence-electron chi connectivity index (χ3n) is 6.02. The van der Waals surface area contributed by atoms with Gasteiger partial charge in [0.1, 0.15) is 6.04 Å². The molecule has 6 heteroatoms. The summed E-state index contributed by atoms with van der Waals surface area (Å²) in [7, 11) is 0. The number of piperazine rings is 1. The Balaban J connectivity index is 1.70. The van der Waals surface area contributed by atoms with Crippen LogP contribution in [-0.2, 0) is 16.0 Å². The van der Waals surface area contributed by atoms with E-state index in [0.29, 0.717) is 18.0 Å². The van der Waals surface area contributed by atoms with Gasteiger partial charge in [-0.15, -0.1) is 0 Å².